The monoisotopic (exact) mass is 500 g/mol. The largest absolute Gasteiger partial charge is 0.351 e. The van der Waals surface area contributed by atoms with Gasteiger partial charge in [-0.3, -0.25) is 9.36 Å². The zero-order chi connectivity index (χ0) is 25.1. The Morgan fingerprint density at radius 1 is 1.17 bits per heavy atom. The van der Waals surface area contributed by atoms with Crippen LogP contribution in [0.4, 0.5) is 19.7 Å². The summed E-state index contributed by atoms with van der Waals surface area (Å²) in [6.45, 7) is 0.919. The minimum atomic E-state index is -0.750. The average molecular weight is 501 g/mol. The fourth-order valence-electron chi connectivity index (χ4n) is 4.47. The number of carbonyl (C=O) groups excluding carboxylic acids is 3. The Morgan fingerprint density at radius 2 is 1.94 bits per heavy atom. The van der Waals surface area contributed by atoms with E-state index < -0.39 is 29.8 Å². The summed E-state index contributed by atoms with van der Waals surface area (Å²) in [5.74, 6) is -0.927. The first-order valence-corrected chi connectivity index (χ1v) is 11.5. The Labute approximate surface area is 206 Å². The summed E-state index contributed by atoms with van der Waals surface area (Å²) in [7, 11) is 1.80. The lowest BCUT2D eigenvalue weighted by molar-refractivity contribution is -0.124. The maximum Gasteiger partial charge on any atom is 0.323 e. The standard InChI is InChI=1S/C24H26ClFN6O3/c1-28-10-14-9-20(22(33)29-11-15-5-4-7-17(25)21(15)26)32(12-14)24(35)30-18-13-31(23(27)34)19-8-3-2-6-16(18)19/h2-8,13-14,20,28H,9-12H2,1H3,(H2,27,34)(H,29,33)(H,30,35)/t14-,20+/m1/s1. The molecule has 11 heteroatoms. The Hall–Kier alpha value is -3.63. The van der Waals surface area contributed by atoms with Gasteiger partial charge in [0.25, 0.3) is 0 Å². The molecule has 0 spiro atoms. The van der Waals surface area contributed by atoms with Crippen molar-refractivity contribution in [1.82, 2.24) is 20.1 Å². The number of anilines is 1. The molecular formula is C24H26ClFN6O3. The minimum absolute atomic E-state index is 0.0252. The number of fused-ring (bicyclic) bond motifs is 1. The molecule has 0 unspecified atom stereocenters. The second-order valence-corrected chi connectivity index (χ2v) is 8.86. The number of aromatic nitrogens is 1. The summed E-state index contributed by atoms with van der Waals surface area (Å²) >= 11 is 5.83. The van der Waals surface area contributed by atoms with Crippen LogP contribution in [-0.4, -0.2) is 53.6 Å². The quantitative estimate of drug-likeness (QED) is 0.415. The topological polar surface area (TPSA) is 121 Å². The number of carbonyl (C=O) groups is 3. The number of urea groups is 1. The molecule has 184 valence electrons. The molecule has 0 saturated carbocycles. The van der Waals surface area contributed by atoms with E-state index in [0.29, 0.717) is 36.1 Å². The summed E-state index contributed by atoms with van der Waals surface area (Å²) in [4.78, 5) is 39.6. The Morgan fingerprint density at radius 3 is 2.69 bits per heavy atom. The van der Waals surface area contributed by atoms with Crippen molar-refractivity contribution in [3.63, 3.8) is 0 Å². The van der Waals surface area contributed by atoms with Crippen LogP contribution in [-0.2, 0) is 11.3 Å². The fraction of sp³-hybridized carbons (Fsp3) is 0.292. The molecule has 1 aliphatic heterocycles. The zero-order valence-electron chi connectivity index (χ0n) is 19.1. The van der Waals surface area contributed by atoms with Gasteiger partial charge in [0, 0.05) is 30.2 Å². The van der Waals surface area contributed by atoms with Crippen LogP contribution < -0.4 is 21.7 Å². The molecule has 0 radical (unpaired) electrons. The van der Waals surface area contributed by atoms with E-state index in [2.05, 4.69) is 16.0 Å². The second kappa shape index (κ2) is 10.3. The van der Waals surface area contributed by atoms with Crippen LogP contribution in [0, 0.1) is 11.7 Å². The van der Waals surface area contributed by atoms with Gasteiger partial charge in [-0.05, 0) is 38.1 Å². The number of hydrogen-bond donors (Lipinski definition) is 4. The van der Waals surface area contributed by atoms with E-state index in [4.69, 9.17) is 17.3 Å². The molecule has 2 atom stereocenters. The maximum absolute atomic E-state index is 14.2. The lowest BCUT2D eigenvalue weighted by Crippen LogP contribution is -2.47. The van der Waals surface area contributed by atoms with Gasteiger partial charge in [-0.25, -0.2) is 14.0 Å². The highest BCUT2D eigenvalue weighted by molar-refractivity contribution is 6.30. The summed E-state index contributed by atoms with van der Waals surface area (Å²) in [6.07, 6.45) is 1.91. The predicted molar refractivity (Wildman–Crippen MR) is 132 cm³/mol. The van der Waals surface area contributed by atoms with E-state index in [0.717, 1.165) is 0 Å². The van der Waals surface area contributed by atoms with Crippen molar-refractivity contribution in [3.8, 4) is 0 Å². The fourth-order valence-corrected chi connectivity index (χ4v) is 4.66. The Balaban J connectivity index is 1.53. The average Bonchev–Trinajstić information content (AvgIpc) is 3.42. The number of halogens is 2. The summed E-state index contributed by atoms with van der Waals surface area (Å²) in [6, 6.07) is 9.71. The second-order valence-electron chi connectivity index (χ2n) is 8.46. The third-order valence-corrected chi connectivity index (χ3v) is 6.41. The first-order chi connectivity index (χ1) is 16.8. The number of amides is 4. The van der Waals surface area contributed by atoms with Gasteiger partial charge < -0.3 is 26.6 Å². The Kier molecular flexibility index (Phi) is 7.23. The van der Waals surface area contributed by atoms with Crippen LogP contribution in [0.15, 0.2) is 48.7 Å². The van der Waals surface area contributed by atoms with E-state index in [9.17, 15) is 18.8 Å². The number of para-hydroxylation sites is 1. The van der Waals surface area contributed by atoms with Crippen LogP contribution in [0.25, 0.3) is 10.9 Å². The Bertz CT molecular complexity index is 1280. The van der Waals surface area contributed by atoms with Gasteiger partial charge in [-0.2, -0.15) is 0 Å². The number of hydrogen-bond acceptors (Lipinski definition) is 4. The number of benzene rings is 2. The molecule has 2 aromatic carbocycles. The number of primary amides is 1. The molecule has 3 aromatic rings. The van der Waals surface area contributed by atoms with Crippen LogP contribution in [0.5, 0.6) is 0 Å². The highest BCUT2D eigenvalue weighted by Gasteiger charge is 2.39. The van der Waals surface area contributed by atoms with Gasteiger partial charge in [0.2, 0.25) is 5.91 Å². The van der Waals surface area contributed by atoms with Gasteiger partial charge in [0.15, 0.2) is 0 Å². The highest BCUT2D eigenvalue weighted by Crippen LogP contribution is 2.28. The van der Waals surface area contributed by atoms with Gasteiger partial charge >= 0.3 is 12.1 Å². The minimum Gasteiger partial charge on any atom is -0.351 e. The SMILES string of the molecule is CNC[C@H]1C[C@@H](C(=O)NCc2cccc(Cl)c2F)N(C(=O)Nc2cn(C(N)=O)c3ccccc23)C1. The summed E-state index contributed by atoms with van der Waals surface area (Å²) in [5, 5.41) is 9.24. The van der Waals surface area contributed by atoms with Gasteiger partial charge in [0.05, 0.1) is 16.2 Å². The van der Waals surface area contributed by atoms with E-state index in [1.165, 1.54) is 21.7 Å². The maximum atomic E-state index is 14.2. The number of rotatable bonds is 6. The molecular weight excluding hydrogens is 475 g/mol. The normalized spacial score (nSPS) is 17.5. The third kappa shape index (κ3) is 5.08. The molecule has 1 fully saturated rings. The molecule has 4 rings (SSSR count). The molecule has 9 nitrogen and oxygen atoms in total. The van der Waals surface area contributed by atoms with Gasteiger partial charge in [-0.1, -0.05) is 41.9 Å². The van der Waals surface area contributed by atoms with Crippen LogP contribution >= 0.6 is 11.6 Å². The van der Waals surface area contributed by atoms with Crippen molar-refractivity contribution in [3.05, 3.63) is 65.1 Å². The van der Waals surface area contributed by atoms with E-state index in [-0.39, 0.29) is 23.0 Å². The van der Waals surface area contributed by atoms with E-state index in [1.807, 2.05) is 0 Å². The summed E-state index contributed by atoms with van der Waals surface area (Å²) in [5.41, 5.74) is 6.68. The van der Waals surface area contributed by atoms with E-state index in [1.54, 1.807) is 43.4 Å². The van der Waals surface area contributed by atoms with Gasteiger partial charge in [-0.15, -0.1) is 0 Å². The van der Waals surface area contributed by atoms with Crippen molar-refractivity contribution < 1.29 is 18.8 Å². The van der Waals surface area contributed by atoms with Crippen molar-refractivity contribution in [2.24, 2.45) is 11.7 Å². The van der Waals surface area contributed by atoms with Gasteiger partial charge in [0.1, 0.15) is 11.9 Å². The molecule has 4 amide bonds. The van der Waals surface area contributed by atoms with Crippen molar-refractivity contribution in [2.75, 3.05) is 25.5 Å². The summed E-state index contributed by atoms with van der Waals surface area (Å²) < 4.78 is 15.5. The van der Waals surface area contributed by atoms with Crippen molar-refractivity contribution in [2.45, 2.75) is 19.0 Å². The van der Waals surface area contributed by atoms with Crippen LogP contribution in [0.2, 0.25) is 5.02 Å². The van der Waals surface area contributed by atoms with Crippen molar-refractivity contribution in [1.29, 1.82) is 0 Å². The first kappa shape index (κ1) is 24.5. The van der Waals surface area contributed by atoms with Crippen LogP contribution in [0.3, 0.4) is 0 Å². The lowest BCUT2D eigenvalue weighted by Gasteiger charge is -2.24. The lowest BCUT2D eigenvalue weighted by atomic mass is 10.1. The first-order valence-electron chi connectivity index (χ1n) is 11.1. The number of nitrogens with two attached hydrogens (primary N) is 1. The number of nitrogens with zero attached hydrogens (tertiary/aromatic N) is 2. The van der Waals surface area contributed by atoms with E-state index >= 15 is 0 Å². The molecule has 35 heavy (non-hydrogen) atoms. The number of likely N-dealkylation sites (tertiary alicyclic amines) is 1. The smallest absolute Gasteiger partial charge is 0.323 e. The predicted octanol–water partition coefficient (Wildman–Crippen LogP) is 3.12. The van der Waals surface area contributed by atoms with Crippen molar-refractivity contribution >= 4 is 46.2 Å². The molecule has 1 aliphatic rings. The van der Waals surface area contributed by atoms with Crippen LogP contribution in [0.1, 0.15) is 12.0 Å². The molecule has 2 heterocycles. The third-order valence-electron chi connectivity index (χ3n) is 6.12. The highest BCUT2D eigenvalue weighted by atomic mass is 35.5. The molecule has 1 saturated heterocycles. The number of nitrogens with one attached hydrogen (secondary N) is 3. The molecule has 0 bridgehead atoms. The molecule has 0 aliphatic carbocycles. The molecule has 1 aromatic heterocycles. The zero-order valence-corrected chi connectivity index (χ0v) is 19.8. The molecule has 5 N–H and O–H groups in total.